The molecule has 292 valence electrons. The highest BCUT2D eigenvalue weighted by atomic mass is 35.5. The number of aromatic nitrogens is 3. The largest absolute Gasteiger partial charge is 0.435 e. The molecular weight excluding hydrogens is 794 g/mol. The Morgan fingerprint density at radius 1 is 0.839 bits per heavy atom. The number of hydrogen-bond donors (Lipinski definition) is 4. The summed E-state index contributed by atoms with van der Waals surface area (Å²) >= 11 is 18.2. The molecular formula is C38H35Cl3F3N9O3. The van der Waals surface area contributed by atoms with Crippen molar-refractivity contribution in [2.75, 3.05) is 11.1 Å². The van der Waals surface area contributed by atoms with Crippen molar-refractivity contribution < 1.29 is 27.6 Å². The van der Waals surface area contributed by atoms with Gasteiger partial charge in [0.05, 0.1) is 34.0 Å². The van der Waals surface area contributed by atoms with E-state index in [9.17, 15) is 38.1 Å². The molecule has 0 spiro atoms. The van der Waals surface area contributed by atoms with E-state index in [1.165, 1.54) is 36.5 Å². The van der Waals surface area contributed by atoms with Gasteiger partial charge in [-0.15, -0.1) is 0 Å². The van der Waals surface area contributed by atoms with Gasteiger partial charge in [0.25, 0.3) is 17.7 Å². The minimum Gasteiger partial charge on any atom is -0.398 e. The number of pyridine rings is 1. The second kappa shape index (κ2) is 16.0. The molecule has 18 heteroatoms. The van der Waals surface area contributed by atoms with E-state index in [4.69, 9.17) is 40.5 Å². The second-order valence-electron chi connectivity index (χ2n) is 14.0. The summed E-state index contributed by atoms with van der Waals surface area (Å²) in [5, 5.41) is 31.0. The number of rotatable bonds is 9. The van der Waals surface area contributed by atoms with Crippen molar-refractivity contribution in [1.29, 1.82) is 10.5 Å². The summed E-state index contributed by atoms with van der Waals surface area (Å²) in [5.74, 6) is -2.01. The van der Waals surface area contributed by atoms with Crippen molar-refractivity contribution >= 4 is 63.9 Å². The topological polar surface area (TPSA) is 192 Å². The first kappa shape index (κ1) is 41.8. The zero-order valence-corrected chi connectivity index (χ0v) is 32.7. The molecule has 2 fully saturated rings. The number of benzene rings is 2. The first-order valence-corrected chi connectivity index (χ1v) is 18.3. The molecule has 2 aromatic carbocycles. The van der Waals surface area contributed by atoms with E-state index < -0.39 is 40.5 Å². The number of nitrogens with zero attached hydrogens (tertiary/aromatic N) is 5. The van der Waals surface area contributed by atoms with Gasteiger partial charge < -0.3 is 21.7 Å². The number of aryl methyl sites for hydroxylation is 2. The molecule has 5 N–H and O–H groups in total. The second-order valence-corrected chi connectivity index (χ2v) is 15.3. The van der Waals surface area contributed by atoms with E-state index in [2.05, 4.69) is 38.2 Å². The van der Waals surface area contributed by atoms with Crippen molar-refractivity contribution in [2.45, 2.75) is 70.6 Å². The van der Waals surface area contributed by atoms with Gasteiger partial charge >= 0.3 is 6.18 Å². The van der Waals surface area contributed by atoms with E-state index in [0.717, 1.165) is 31.2 Å². The van der Waals surface area contributed by atoms with Crippen molar-refractivity contribution in [3.63, 3.8) is 0 Å². The number of halogens is 6. The molecule has 2 aromatic heterocycles. The quantitative estimate of drug-likeness (QED) is 0.121. The first-order valence-electron chi connectivity index (χ1n) is 17.1. The third-order valence-electron chi connectivity index (χ3n) is 9.55. The lowest BCUT2D eigenvalue weighted by molar-refractivity contribution is -0.141. The number of anilines is 2. The molecule has 2 aliphatic rings. The Labute approximate surface area is 335 Å². The number of hydrogen-bond acceptors (Lipinski definition) is 8. The van der Waals surface area contributed by atoms with Gasteiger partial charge in [0.2, 0.25) is 0 Å². The molecule has 6 rings (SSSR count). The normalized spacial score (nSPS) is 15.8. The molecule has 56 heavy (non-hydrogen) atoms. The molecule has 2 heterocycles. The van der Waals surface area contributed by atoms with Gasteiger partial charge in [-0.2, -0.15) is 28.8 Å². The number of nitrogens with two attached hydrogens (primary N) is 1. The molecule has 0 aliphatic heterocycles. The van der Waals surface area contributed by atoms with Gasteiger partial charge in [0.1, 0.15) is 16.8 Å². The number of nitrogen functional groups attached to an aromatic ring is 1. The van der Waals surface area contributed by atoms with Gasteiger partial charge in [0, 0.05) is 28.0 Å². The summed E-state index contributed by atoms with van der Waals surface area (Å²) in [6, 6.07) is 13.7. The molecule has 0 bridgehead atoms. The van der Waals surface area contributed by atoms with Gasteiger partial charge in [-0.3, -0.25) is 14.4 Å². The molecule has 0 saturated heterocycles. The number of amides is 3. The predicted octanol–water partition coefficient (Wildman–Crippen LogP) is 8.23. The zero-order valence-electron chi connectivity index (χ0n) is 30.4. The molecule has 4 aromatic rings. The van der Waals surface area contributed by atoms with E-state index in [-0.39, 0.29) is 44.9 Å². The highest BCUT2D eigenvalue weighted by Gasteiger charge is 2.44. The van der Waals surface area contributed by atoms with Crippen LogP contribution in [0.5, 0.6) is 0 Å². The van der Waals surface area contributed by atoms with Crippen LogP contribution < -0.4 is 21.7 Å². The predicted molar refractivity (Wildman–Crippen MR) is 205 cm³/mol. The molecule has 12 nitrogen and oxygen atoms in total. The fourth-order valence-electron chi connectivity index (χ4n) is 5.95. The third-order valence-corrected chi connectivity index (χ3v) is 10.3. The van der Waals surface area contributed by atoms with Crippen LogP contribution in [-0.2, 0) is 6.18 Å². The monoisotopic (exact) mass is 827 g/mol. The standard InChI is InChI=1S/C24H19Cl2F3N6O2.C14H16ClN3O/c1-12-8-14(25)9-15(21(36)33-23(2,11-30)13-5-6-13)19(12)32-22(37)17-10-18(24(27,28)29)34-35(17)20-16(26)4-3-7-31-20;1-8-5-10(15)6-11(12(8)17)13(19)18-14(2,7-16)9-3-4-9/h3-4,7-10,13H,5-6H2,1-2H3,(H,32,37)(H,33,36);5-6,9H,3-4,17H2,1-2H3,(H,18,19). The van der Waals surface area contributed by atoms with Crippen LogP contribution in [0.4, 0.5) is 24.5 Å². The Morgan fingerprint density at radius 3 is 1.86 bits per heavy atom. The number of carbonyl (C=O) groups is 3. The third kappa shape index (κ3) is 9.19. The number of carbonyl (C=O) groups excluding carboxylic acids is 3. The van der Waals surface area contributed by atoms with E-state index in [0.29, 0.717) is 32.6 Å². The van der Waals surface area contributed by atoms with E-state index in [1.807, 2.05) is 0 Å². The summed E-state index contributed by atoms with van der Waals surface area (Å²) in [6.07, 6.45) is -0.0694. The summed E-state index contributed by atoms with van der Waals surface area (Å²) in [4.78, 5) is 42.7. The minimum atomic E-state index is -4.85. The van der Waals surface area contributed by atoms with Crippen LogP contribution in [0.2, 0.25) is 15.1 Å². The van der Waals surface area contributed by atoms with Gasteiger partial charge in [-0.25, -0.2) is 9.67 Å². The first-order chi connectivity index (χ1) is 26.2. The van der Waals surface area contributed by atoms with Gasteiger partial charge in [-0.05, 0) is 113 Å². The summed E-state index contributed by atoms with van der Waals surface area (Å²) in [6.45, 7) is 6.71. The van der Waals surface area contributed by atoms with Crippen LogP contribution in [0, 0.1) is 48.3 Å². The average Bonchev–Trinajstić information content (AvgIpc) is 4.08. The van der Waals surface area contributed by atoms with Gasteiger partial charge in [-0.1, -0.05) is 34.8 Å². The van der Waals surface area contributed by atoms with Crippen molar-refractivity contribution in [2.24, 2.45) is 11.8 Å². The average molecular weight is 829 g/mol. The maximum atomic E-state index is 13.5. The Balaban J connectivity index is 0.000000265. The molecule has 2 atom stereocenters. The molecule has 2 unspecified atom stereocenters. The zero-order chi connectivity index (χ0) is 41.3. The fourth-order valence-corrected chi connectivity index (χ4v) is 6.70. The van der Waals surface area contributed by atoms with Crippen LogP contribution in [0.3, 0.4) is 0 Å². The maximum Gasteiger partial charge on any atom is 0.435 e. The highest BCUT2D eigenvalue weighted by Crippen LogP contribution is 2.41. The van der Waals surface area contributed by atoms with E-state index >= 15 is 0 Å². The van der Waals surface area contributed by atoms with E-state index in [1.54, 1.807) is 33.8 Å². The maximum absolute atomic E-state index is 13.5. The van der Waals surface area contributed by atoms with Crippen LogP contribution in [0.25, 0.3) is 5.82 Å². The SMILES string of the molecule is Cc1cc(Cl)cc(C(=O)NC(C)(C#N)C2CC2)c1N.Cc1cc(Cl)cc(C(=O)NC(C)(C#N)C2CC2)c1NC(=O)c1cc(C(F)(F)F)nn1-c1ncccc1Cl. The summed E-state index contributed by atoms with van der Waals surface area (Å²) in [5.41, 5.74) is 3.88. The summed E-state index contributed by atoms with van der Waals surface area (Å²) in [7, 11) is 0. The van der Waals surface area contributed by atoms with Crippen LogP contribution in [0.15, 0.2) is 48.7 Å². The Hall–Kier alpha value is -5.35. The Kier molecular flexibility index (Phi) is 12.0. The number of alkyl halides is 3. The fraction of sp³-hybridized carbons (Fsp3) is 0.342. The van der Waals surface area contributed by atoms with Crippen LogP contribution in [0.1, 0.15) is 87.6 Å². The lowest BCUT2D eigenvalue weighted by Gasteiger charge is -2.24. The molecule has 2 saturated carbocycles. The van der Waals surface area contributed by atoms with Crippen LogP contribution in [-0.4, -0.2) is 43.6 Å². The molecule has 0 radical (unpaired) electrons. The summed E-state index contributed by atoms with van der Waals surface area (Å²) < 4.78 is 41.1. The molecule has 3 amide bonds. The van der Waals surface area contributed by atoms with Crippen LogP contribution >= 0.6 is 34.8 Å². The van der Waals surface area contributed by atoms with Crippen molar-refractivity contribution in [3.8, 4) is 18.0 Å². The number of nitrogens with one attached hydrogen (secondary N) is 3. The van der Waals surface area contributed by atoms with Crippen molar-refractivity contribution in [1.82, 2.24) is 25.4 Å². The lowest BCUT2D eigenvalue weighted by Crippen LogP contribution is -2.47. The minimum absolute atomic E-state index is 0.0106. The molecule has 2 aliphatic carbocycles. The van der Waals surface area contributed by atoms with Gasteiger partial charge in [0.15, 0.2) is 11.5 Å². The highest BCUT2D eigenvalue weighted by molar-refractivity contribution is 6.32. The Bertz CT molecular complexity index is 2310. The smallest absolute Gasteiger partial charge is 0.398 e. The lowest BCUT2D eigenvalue weighted by atomic mass is 9.96. The van der Waals surface area contributed by atoms with Crippen molar-refractivity contribution in [3.05, 3.63) is 97.4 Å². The Morgan fingerprint density at radius 2 is 1.36 bits per heavy atom. The number of nitriles is 2.